The fourth-order valence-corrected chi connectivity index (χ4v) is 11.5. The van der Waals surface area contributed by atoms with Gasteiger partial charge in [-0.3, -0.25) is 16.0 Å². The zero-order chi connectivity index (χ0) is 45.7. The Morgan fingerprint density at radius 3 is 1.64 bits per heavy atom. The van der Waals surface area contributed by atoms with Crippen molar-refractivity contribution in [1.82, 2.24) is 26.6 Å². The van der Waals surface area contributed by atoms with Crippen molar-refractivity contribution in [2.75, 3.05) is 6.54 Å². The monoisotopic (exact) mass is 889 g/mol. The van der Waals surface area contributed by atoms with Crippen LogP contribution < -0.4 is 26.6 Å². The normalized spacial score (nSPS) is 20.6. The molecule has 5 nitrogen and oxygen atoms in total. The minimum absolute atomic E-state index is 0.0924. The lowest BCUT2D eigenvalue weighted by Gasteiger charge is -2.40. The summed E-state index contributed by atoms with van der Waals surface area (Å²) in [5.41, 5.74) is 21.7. The van der Waals surface area contributed by atoms with E-state index in [0.29, 0.717) is 0 Å². The van der Waals surface area contributed by atoms with Crippen LogP contribution in [0.3, 0.4) is 0 Å². The number of nitrogens with one attached hydrogen (secondary N) is 5. The molecule has 0 aromatic heterocycles. The Labute approximate surface area is 404 Å². The van der Waals surface area contributed by atoms with E-state index in [2.05, 4.69) is 269 Å². The lowest BCUT2D eigenvalue weighted by atomic mass is 9.67. The molecule has 0 radical (unpaired) electrons. The van der Waals surface area contributed by atoms with Gasteiger partial charge < -0.3 is 10.6 Å². The Morgan fingerprint density at radius 2 is 0.971 bits per heavy atom. The largest absolute Gasteiger partial charge is 0.387 e. The number of allylic oxidation sites excluding steroid dienone is 3. The second kappa shape index (κ2) is 17.2. The Morgan fingerprint density at radius 1 is 0.420 bits per heavy atom. The number of fused-ring (bicyclic) bond motifs is 5. The highest BCUT2D eigenvalue weighted by atomic mass is 15.4. The van der Waals surface area contributed by atoms with Crippen molar-refractivity contribution in [1.29, 1.82) is 0 Å². The molecule has 5 aliphatic rings. The third-order valence-corrected chi connectivity index (χ3v) is 14.8. The fraction of sp³-hybridized carbons (Fsp3) is 0.0938. The Balaban J connectivity index is 0.959. The molecule has 0 spiro atoms. The smallest absolute Gasteiger partial charge is 0.0865 e. The SMILES string of the molecule is C1=CC2=C3C=CNCC3=C(c3ccc(-c4cc(-c5ccc6c(c5)-c5ccccc5C6(c5ccccc5)c5ccccc5)cc(C5NC(c6ccccc6)NC(c6ccccc6)N5)c4)cc3)NC2C=C1. The van der Waals surface area contributed by atoms with E-state index in [9.17, 15) is 0 Å². The van der Waals surface area contributed by atoms with Crippen LogP contribution in [-0.4, -0.2) is 12.6 Å². The molecule has 69 heavy (non-hydrogen) atoms. The first kappa shape index (κ1) is 41.2. The van der Waals surface area contributed by atoms with Crippen molar-refractivity contribution < 1.29 is 0 Å². The molecular weight excluding hydrogens is 839 g/mol. The average Bonchev–Trinajstić information content (AvgIpc) is 3.74. The van der Waals surface area contributed by atoms with Crippen LogP contribution in [0.5, 0.6) is 0 Å². The van der Waals surface area contributed by atoms with Crippen LogP contribution in [0.2, 0.25) is 0 Å². The summed E-state index contributed by atoms with van der Waals surface area (Å²) in [7, 11) is 0. The van der Waals surface area contributed by atoms with Gasteiger partial charge in [-0.25, -0.2) is 0 Å². The highest BCUT2D eigenvalue weighted by molar-refractivity contribution is 5.89. The summed E-state index contributed by atoms with van der Waals surface area (Å²) in [6.45, 7) is 0.780. The zero-order valence-electron chi connectivity index (χ0n) is 38.1. The zero-order valence-corrected chi connectivity index (χ0v) is 38.1. The number of hydrogen-bond donors (Lipinski definition) is 5. The second-order valence-electron chi connectivity index (χ2n) is 18.6. The molecule has 332 valence electrons. The highest BCUT2D eigenvalue weighted by Gasteiger charge is 2.46. The van der Waals surface area contributed by atoms with E-state index in [4.69, 9.17) is 0 Å². The van der Waals surface area contributed by atoms with Gasteiger partial charge in [-0.2, -0.15) is 0 Å². The first-order chi connectivity index (χ1) is 34.2. The van der Waals surface area contributed by atoms with Crippen molar-refractivity contribution in [2.45, 2.75) is 30.0 Å². The van der Waals surface area contributed by atoms with Crippen molar-refractivity contribution >= 4 is 5.70 Å². The van der Waals surface area contributed by atoms with Gasteiger partial charge in [0.15, 0.2) is 0 Å². The summed E-state index contributed by atoms with van der Waals surface area (Å²) in [6.07, 6.45) is 12.7. The Kier molecular flexibility index (Phi) is 10.3. The van der Waals surface area contributed by atoms with Crippen molar-refractivity contribution in [2.24, 2.45) is 0 Å². The highest BCUT2D eigenvalue weighted by Crippen LogP contribution is 2.56. The van der Waals surface area contributed by atoms with E-state index in [1.54, 1.807) is 0 Å². The first-order valence-corrected chi connectivity index (χ1v) is 24.2. The van der Waals surface area contributed by atoms with Gasteiger partial charge in [-0.1, -0.05) is 206 Å². The molecule has 8 aromatic carbocycles. The van der Waals surface area contributed by atoms with E-state index < -0.39 is 5.41 Å². The van der Waals surface area contributed by atoms with E-state index >= 15 is 0 Å². The molecule has 3 atom stereocenters. The van der Waals surface area contributed by atoms with Crippen LogP contribution in [0.1, 0.15) is 63.0 Å². The van der Waals surface area contributed by atoms with Gasteiger partial charge in [0, 0.05) is 17.8 Å². The predicted octanol–water partition coefficient (Wildman–Crippen LogP) is 12.8. The predicted molar refractivity (Wildman–Crippen MR) is 281 cm³/mol. The molecule has 0 saturated carbocycles. The van der Waals surface area contributed by atoms with Gasteiger partial charge in [0.25, 0.3) is 0 Å². The van der Waals surface area contributed by atoms with Crippen LogP contribution in [0.4, 0.5) is 0 Å². The lowest BCUT2D eigenvalue weighted by Crippen LogP contribution is -2.54. The van der Waals surface area contributed by atoms with Gasteiger partial charge in [0.05, 0.1) is 30.0 Å². The van der Waals surface area contributed by atoms with Crippen LogP contribution in [0.25, 0.3) is 39.1 Å². The Hall–Kier alpha value is -8.06. The van der Waals surface area contributed by atoms with Crippen molar-refractivity contribution in [3.05, 3.63) is 304 Å². The minimum atomic E-state index is -0.459. The summed E-state index contributed by atoms with van der Waals surface area (Å²) in [4.78, 5) is 0. The molecule has 8 aromatic rings. The standard InChI is InChI=1S/C64H51N5/c1-5-17-44(18-6-1)61-67-62(45-19-7-2-8-20-45)69-63(68-61)49-38-47(42-29-31-43(32-30-42)60-56-41-65-36-35-52(56)54-26-14-16-28-59(54)66-60)37-48(39-49)46-33-34-58-55(40-46)53-25-13-15-27-57(53)64(58,50-21-9-3-10-22-50)51-23-11-4-12-24-51/h1-40,59,61-63,65-69H,41H2. The van der Waals surface area contributed by atoms with Crippen LogP contribution in [0, 0.1) is 0 Å². The average molecular weight is 890 g/mol. The van der Waals surface area contributed by atoms with E-state index in [1.807, 2.05) is 0 Å². The van der Waals surface area contributed by atoms with Gasteiger partial charge >= 0.3 is 0 Å². The van der Waals surface area contributed by atoms with Crippen molar-refractivity contribution in [3.8, 4) is 33.4 Å². The topological polar surface area (TPSA) is 60.1 Å². The quantitative estimate of drug-likeness (QED) is 0.105. The number of benzene rings is 8. The van der Waals surface area contributed by atoms with Crippen molar-refractivity contribution in [3.63, 3.8) is 0 Å². The molecule has 3 heterocycles. The van der Waals surface area contributed by atoms with Gasteiger partial charge in [0.2, 0.25) is 0 Å². The fourth-order valence-electron chi connectivity index (χ4n) is 11.5. The van der Waals surface area contributed by atoms with Gasteiger partial charge in [-0.15, -0.1) is 0 Å². The Bertz CT molecular complexity index is 3300. The maximum Gasteiger partial charge on any atom is 0.0865 e. The summed E-state index contributed by atoms with van der Waals surface area (Å²) in [5.74, 6) is 0. The van der Waals surface area contributed by atoms with Crippen LogP contribution >= 0.6 is 0 Å². The second-order valence-corrected chi connectivity index (χ2v) is 18.6. The third-order valence-electron chi connectivity index (χ3n) is 14.8. The molecule has 0 amide bonds. The van der Waals surface area contributed by atoms with Crippen LogP contribution in [0.15, 0.2) is 260 Å². The van der Waals surface area contributed by atoms with E-state index in [1.165, 1.54) is 78.1 Å². The summed E-state index contributed by atoms with van der Waals surface area (Å²) in [6, 6.07) is 76.2. The molecular formula is C64H51N5. The number of dihydropyridines is 1. The molecule has 0 bridgehead atoms. The van der Waals surface area contributed by atoms with Crippen LogP contribution in [-0.2, 0) is 5.41 Å². The van der Waals surface area contributed by atoms with E-state index in [-0.39, 0.29) is 24.5 Å². The molecule has 3 aliphatic heterocycles. The maximum atomic E-state index is 3.98. The lowest BCUT2D eigenvalue weighted by molar-refractivity contribution is 0.203. The molecule has 1 saturated heterocycles. The maximum absolute atomic E-state index is 3.98. The third kappa shape index (κ3) is 7.13. The summed E-state index contributed by atoms with van der Waals surface area (Å²) >= 11 is 0. The molecule has 2 aliphatic carbocycles. The molecule has 5 heteroatoms. The summed E-state index contributed by atoms with van der Waals surface area (Å²) < 4.78 is 0. The van der Waals surface area contributed by atoms with Gasteiger partial charge in [-0.05, 0) is 126 Å². The molecule has 1 fully saturated rings. The van der Waals surface area contributed by atoms with E-state index in [0.717, 1.165) is 28.8 Å². The molecule has 5 N–H and O–H groups in total. The van der Waals surface area contributed by atoms with Gasteiger partial charge in [0.1, 0.15) is 0 Å². The summed E-state index contributed by atoms with van der Waals surface area (Å²) in [5, 5.41) is 19.2. The minimum Gasteiger partial charge on any atom is -0.387 e. The number of rotatable bonds is 8. The first-order valence-electron chi connectivity index (χ1n) is 24.2. The number of hydrogen-bond acceptors (Lipinski definition) is 5. The molecule has 13 rings (SSSR count). The molecule has 3 unspecified atom stereocenters.